The minimum absolute atomic E-state index is 0.0231. The van der Waals surface area contributed by atoms with Crippen LogP contribution in [-0.4, -0.2) is 24.1 Å². The summed E-state index contributed by atoms with van der Waals surface area (Å²) in [5.41, 5.74) is 0.833. The van der Waals surface area contributed by atoms with Gasteiger partial charge in [0.1, 0.15) is 0 Å². The second-order valence-corrected chi connectivity index (χ2v) is 6.31. The Labute approximate surface area is 70.1 Å². The van der Waals surface area contributed by atoms with Crippen LogP contribution < -0.4 is 0 Å². The fourth-order valence-corrected chi connectivity index (χ4v) is 3.37. The van der Waals surface area contributed by atoms with Gasteiger partial charge in [-0.3, -0.25) is 0 Å². The van der Waals surface area contributed by atoms with Gasteiger partial charge >= 0.3 is 5.71 Å². The highest BCUT2D eigenvalue weighted by molar-refractivity contribution is 7.75. The molecule has 0 aromatic heterocycles. The highest BCUT2D eigenvalue weighted by atomic mass is 31.1. The van der Waals surface area contributed by atoms with Crippen molar-refractivity contribution in [3.63, 3.8) is 0 Å². The molecule has 0 heterocycles. The van der Waals surface area contributed by atoms with E-state index in [1.807, 2.05) is 0 Å². The van der Waals surface area contributed by atoms with Crippen LogP contribution in [0.4, 0.5) is 4.79 Å². The topological polar surface area (TPSA) is 26.3 Å². The molecule has 0 saturated carbocycles. The van der Waals surface area contributed by atoms with Gasteiger partial charge in [0.05, 0.1) is 7.11 Å². The number of hydrogen-bond acceptors (Lipinski definition) is 2. The van der Waals surface area contributed by atoms with E-state index < -0.39 is 7.92 Å². The summed E-state index contributed by atoms with van der Waals surface area (Å²) < 4.78 is 4.72. The van der Waals surface area contributed by atoms with Crippen LogP contribution in [0.2, 0.25) is 0 Å². The maximum Gasteiger partial charge on any atom is 0.326 e. The average molecular weight is 176 g/mol. The highest BCUT2D eigenvalue weighted by Gasteiger charge is 2.25. The number of hydrogen-bond donors (Lipinski definition) is 0. The summed E-state index contributed by atoms with van der Waals surface area (Å²) in [5.74, 6) is 0. The normalized spacial score (nSPS) is 11.3. The first kappa shape index (κ1) is 10.9. The van der Waals surface area contributed by atoms with E-state index >= 15 is 0 Å². The van der Waals surface area contributed by atoms with Crippen LogP contribution in [0.15, 0.2) is 0 Å². The molecule has 0 rings (SSSR count). The fraction of sp³-hybridized carbons (Fsp3) is 0.875. The van der Waals surface area contributed by atoms with Crippen molar-refractivity contribution in [2.24, 2.45) is 0 Å². The Morgan fingerprint density at radius 1 is 1.18 bits per heavy atom. The molecule has 0 unspecified atom stereocenters. The minimum atomic E-state index is -0.601. The molecule has 2 nitrogen and oxygen atoms in total. The maximum absolute atomic E-state index is 11.2. The molecular weight excluding hydrogens is 159 g/mol. The molecular formula is C8H17O2P. The van der Waals surface area contributed by atoms with Gasteiger partial charge in [0, 0.05) is 7.92 Å². The number of methoxy groups -OCH3 is 1. The Balaban J connectivity index is 4.22. The Morgan fingerprint density at radius 3 is 1.64 bits per heavy atom. The van der Waals surface area contributed by atoms with Crippen molar-refractivity contribution in [3.05, 3.63) is 0 Å². The Kier molecular flexibility index (Phi) is 4.67. The van der Waals surface area contributed by atoms with E-state index in [9.17, 15) is 4.79 Å². The molecule has 0 aromatic carbocycles. The third kappa shape index (κ3) is 3.20. The lowest BCUT2D eigenvalue weighted by molar-refractivity contribution is 0.198. The van der Waals surface area contributed by atoms with Gasteiger partial charge in [-0.05, 0) is 11.3 Å². The predicted octanol–water partition coefficient (Wildman–Crippen LogP) is 3.05. The molecule has 0 aliphatic rings. The van der Waals surface area contributed by atoms with Gasteiger partial charge in [-0.2, -0.15) is 0 Å². The van der Waals surface area contributed by atoms with Gasteiger partial charge < -0.3 is 4.74 Å². The van der Waals surface area contributed by atoms with E-state index in [-0.39, 0.29) is 5.71 Å². The molecule has 0 aliphatic heterocycles. The summed E-state index contributed by atoms with van der Waals surface area (Å²) in [6, 6.07) is 0. The summed E-state index contributed by atoms with van der Waals surface area (Å²) in [6.45, 7) is 8.29. The summed E-state index contributed by atoms with van der Waals surface area (Å²) in [7, 11) is 0.860. The molecule has 11 heavy (non-hydrogen) atoms. The van der Waals surface area contributed by atoms with Gasteiger partial charge in [0.25, 0.3) is 0 Å². The van der Waals surface area contributed by atoms with Crippen LogP contribution in [0.25, 0.3) is 0 Å². The lowest BCUT2D eigenvalue weighted by atomic mass is 10.5. The highest BCUT2D eigenvalue weighted by Crippen LogP contribution is 2.47. The maximum atomic E-state index is 11.2. The molecule has 0 bridgehead atoms. The lowest BCUT2D eigenvalue weighted by Gasteiger charge is -2.21. The Morgan fingerprint density at radius 2 is 1.55 bits per heavy atom. The molecule has 0 spiro atoms. The van der Waals surface area contributed by atoms with Gasteiger partial charge in [-0.1, -0.05) is 27.7 Å². The number of carbonyl (C=O) groups is 1. The van der Waals surface area contributed by atoms with Crippen molar-refractivity contribution in [2.75, 3.05) is 7.11 Å². The van der Waals surface area contributed by atoms with Crippen molar-refractivity contribution < 1.29 is 9.53 Å². The minimum Gasteiger partial charge on any atom is -0.466 e. The molecule has 0 amide bonds. The summed E-state index contributed by atoms with van der Waals surface area (Å²) >= 11 is 0. The standard InChI is InChI=1S/C8H17O2P/c1-6(2)11(7(3)4)8(9)10-5/h6-7H,1-5H3. The monoisotopic (exact) mass is 176 g/mol. The quantitative estimate of drug-likeness (QED) is 0.618. The zero-order valence-corrected chi connectivity index (χ0v) is 8.81. The number of ether oxygens (including phenoxy) is 1. The molecule has 0 radical (unpaired) electrons. The molecule has 0 aliphatic carbocycles. The van der Waals surface area contributed by atoms with Crippen molar-refractivity contribution in [1.82, 2.24) is 0 Å². The number of carbonyl (C=O) groups excluding carboxylic acids is 1. The van der Waals surface area contributed by atoms with E-state index in [2.05, 4.69) is 27.7 Å². The van der Waals surface area contributed by atoms with Gasteiger partial charge in [0.2, 0.25) is 0 Å². The molecule has 0 N–H and O–H groups in total. The molecule has 0 fully saturated rings. The lowest BCUT2D eigenvalue weighted by Crippen LogP contribution is -2.11. The van der Waals surface area contributed by atoms with Gasteiger partial charge in [-0.25, -0.2) is 4.79 Å². The zero-order chi connectivity index (χ0) is 9.02. The summed E-state index contributed by atoms with van der Waals surface area (Å²) in [4.78, 5) is 11.2. The average Bonchev–Trinajstić information content (AvgIpc) is 1.85. The van der Waals surface area contributed by atoms with Gasteiger partial charge in [0.15, 0.2) is 0 Å². The SMILES string of the molecule is COC(=O)P(C(C)C)C(C)C. The molecule has 3 heteroatoms. The Bertz CT molecular complexity index is 124. The Hall–Kier alpha value is -0.100. The van der Waals surface area contributed by atoms with Crippen molar-refractivity contribution >= 4 is 13.6 Å². The van der Waals surface area contributed by atoms with Crippen LogP contribution in [0, 0.1) is 0 Å². The smallest absolute Gasteiger partial charge is 0.326 e. The molecule has 0 saturated heterocycles. The van der Waals surface area contributed by atoms with Gasteiger partial charge in [-0.15, -0.1) is 0 Å². The van der Waals surface area contributed by atoms with Crippen LogP contribution in [0.3, 0.4) is 0 Å². The first-order valence-electron chi connectivity index (χ1n) is 3.87. The zero-order valence-electron chi connectivity index (χ0n) is 7.92. The predicted molar refractivity (Wildman–Crippen MR) is 49.6 cm³/mol. The third-order valence-corrected chi connectivity index (χ3v) is 4.33. The van der Waals surface area contributed by atoms with E-state index in [4.69, 9.17) is 4.74 Å². The van der Waals surface area contributed by atoms with Crippen molar-refractivity contribution in [1.29, 1.82) is 0 Å². The van der Waals surface area contributed by atoms with Crippen molar-refractivity contribution in [3.8, 4) is 0 Å². The van der Waals surface area contributed by atoms with E-state index in [1.54, 1.807) is 0 Å². The van der Waals surface area contributed by atoms with E-state index in [0.29, 0.717) is 11.3 Å². The van der Waals surface area contributed by atoms with Crippen LogP contribution in [0.5, 0.6) is 0 Å². The van der Waals surface area contributed by atoms with Crippen LogP contribution >= 0.6 is 7.92 Å². The first-order valence-corrected chi connectivity index (χ1v) is 5.35. The molecule has 0 aromatic rings. The molecule has 66 valence electrons. The van der Waals surface area contributed by atoms with E-state index in [0.717, 1.165) is 0 Å². The summed E-state index contributed by atoms with van der Waals surface area (Å²) in [6.07, 6.45) is 0. The van der Waals surface area contributed by atoms with Crippen molar-refractivity contribution in [2.45, 2.75) is 39.0 Å². The first-order chi connectivity index (χ1) is 5.00. The second-order valence-electron chi connectivity index (χ2n) is 3.06. The van der Waals surface area contributed by atoms with Crippen LogP contribution in [-0.2, 0) is 4.74 Å². The third-order valence-electron chi connectivity index (χ3n) is 1.50. The fourth-order valence-electron chi connectivity index (χ4n) is 1.12. The van der Waals surface area contributed by atoms with Crippen LogP contribution in [0.1, 0.15) is 27.7 Å². The second kappa shape index (κ2) is 4.71. The molecule has 0 atom stereocenters. The largest absolute Gasteiger partial charge is 0.466 e. The number of rotatable bonds is 3. The van der Waals surface area contributed by atoms with E-state index in [1.165, 1.54) is 7.11 Å². The summed E-state index contributed by atoms with van der Waals surface area (Å²) in [5, 5.41) is 0.